The van der Waals surface area contributed by atoms with Crippen LogP contribution in [0.15, 0.2) is 24.3 Å². The minimum absolute atomic E-state index is 0.0192. The number of morpholine rings is 1. The van der Waals surface area contributed by atoms with Gasteiger partial charge in [0.1, 0.15) is 0 Å². The molecule has 1 aromatic carbocycles. The molecule has 1 unspecified atom stereocenters. The third kappa shape index (κ3) is 4.58. The van der Waals surface area contributed by atoms with E-state index in [0.29, 0.717) is 19.5 Å². The van der Waals surface area contributed by atoms with Crippen LogP contribution in [0, 0.1) is 5.92 Å². The first kappa shape index (κ1) is 17.9. The van der Waals surface area contributed by atoms with Crippen molar-refractivity contribution in [2.24, 2.45) is 5.92 Å². The Kier molecular flexibility index (Phi) is 6.04. The largest absolute Gasteiger partial charge is 0.379 e. The van der Waals surface area contributed by atoms with Gasteiger partial charge in [-0.15, -0.1) is 0 Å². The van der Waals surface area contributed by atoms with Crippen LogP contribution < -0.4 is 10.2 Å². The van der Waals surface area contributed by atoms with Crippen molar-refractivity contribution in [2.45, 2.75) is 19.8 Å². The van der Waals surface area contributed by atoms with E-state index >= 15 is 0 Å². The SMILES string of the molecule is CCc1ccc(N2CC(C(=O)NCCN3CCOCC3)CC2=O)cc1. The van der Waals surface area contributed by atoms with Crippen molar-refractivity contribution in [2.75, 3.05) is 50.8 Å². The van der Waals surface area contributed by atoms with E-state index in [9.17, 15) is 9.59 Å². The quantitative estimate of drug-likeness (QED) is 0.837. The van der Waals surface area contributed by atoms with Gasteiger partial charge in [-0.05, 0) is 24.1 Å². The molecule has 25 heavy (non-hydrogen) atoms. The van der Waals surface area contributed by atoms with Crippen LogP contribution in [0.25, 0.3) is 0 Å². The molecule has 1 N–H and O–H groups in total. The number of hydrogen-bond donors (Lipinski definition) is 1. The summed E-state index contributed by atoms with van der Waals surface area (Å²) in [5.41, 5.74) is 2.12. The second kappa shape index (κ2) is 8.45. The Morgan fingerprint density at radius 2 is 1.96 bits per heavy atom. The first-order valence-corrected chi connectivity index (χ1v) is 9.14. The molecule has 0 aromatic heterocycles. The summed E-state index contributed by atoms with van der Waals surface area (Å²) in [6.45, 7) is 7.38. The van der Waals surface area contributed by atoms with E-state index in [2.05, 4.69) is 17.1 Å². The van der Waals surface area contributed by atoms with Gasteiger partial charge in [0.2, 0.25) is 11.8 Å². The summed E-state index contributed by atoms with van der Waals surface area (Å²) in [5, 5.41) is 2.98. The van der Waals surface area contributed by atoms with Crippen LogP contribution in [-0.4, -0.2) is 62.7 Å². The Hall–Kier alpha value is -1.92. The number of rotatable bonds is 6. The number of nitrogens with one attached hydrogen (secondary N) is 1. The second-order valence-corrected chi connectivity index (χ2v) is 6.67. The minimum atomic E-state index is -0.261. The van der Waals surface area contributed by atoms with Crippen LogP contribution in [0.3, 0.4) is 0 Å². The average molecular weight is 345 g/mol. The van der Waals surface area contributed by atoms with Gasteiger partial charge in [-0.25, -0.2) is 0 Å². The Labute approximate surface area is 149 Å². The summed E-state index contributed by atoms with van der Waals surface area (Å²) >= 11 is 0. The van der Waals surface area contributed by atoms with Crippen LogP contribution in [0.2, 0.25) is 0 Å². The maximum Gasteiger partial charge on any atom is 0.227 e. The Bertz CT molecular complexity index is 596. The summed E-state index contributed by atoms with van der Waals surface area (Å²) in [4.78, 5) is 28.7. The molecular formula is C19H27N3O3. The molecule has 6 heteroatoms. The lowest BCUT2D eigenvalue weighted by Gasteiger charge is -2.26. The first-order chi connectivity index (χ1) is 12.2. The van der Waals surface area contributed by atoms with E-state index in [1.165, 1.54) is 5.56 Å². The van der Waals surface area contributed by atoms with Gasteiger partial charge >= 0.3 is 0 Å². The summed E-state index contributed by atoms with van der Waals surface area (Å²) in [6.07, 6.45) is 1.27. The van der Waals surface area contributed by atoms with Crippen molar-refractivity contribution in [1.29, 1.82) is 0 Å². The molecule has 0 saturated carbocycles. The molecule has 2 amide bonds. The highest BCUT2D eigenvalue weighted by atomic mass is 16.5. The lowest BCUT2D eigenvalue weighted by molar-refractivity contribution is -0.126. The Balaban J connectivity index is 1.48. The number of aryl methyl sites for hydroxylation is 1. The molecule has 0 radical (unpaired) electrons. The molecule has 136 valence electrons. The van der Waals surface area contributed by atoms with E-state index in [0.717, 1.165) is 45.0 Å². The lowest BCUT2D eigenvalue weighted by Crippen LogP contribution is -2.42. The van der Waals surface area contributed by atoms with Gasteiger partial charge in [-0.3, -0.25) is 14.5 Å². The van der Waals surface area contributed by atoms with Crippen LogP contribution in [0.4, 0.5) is 5.69 Å². The molecule has 2 fully saturated rings. The van der Waals surface area contributed by atoms with Gasteiger partial charge in [-0.1, -0.05) is 19.1 Å². The predicted octanol–water partition coefficient (Wildman–Crippen LogP) is 1.05. The zero-order valence-corrected chi connectivity index (χ0v) is 14.9. The van der Waals surface area contributed by atoms with Gasteiger partial charge in [0.05, 0.1) is 19.1 Å². The number of carbonyl (C=O) groups is 2. The fraction of sp³-hybridized carbons (Fsp3) is 0.579. The van der Waals surface area contributed by atoms with Crippen LogP contribution in [0.5, 0.6) is 0 Å². The summed E-state index contributed by atoms with van der Waals surface area (Å²) in [5.74, 6) is -0.255. The molecular weight excluding hydrogens is 318 g/mol. The number of ether oxygens (including phenoxy) is 1. The highest BCUT2D eigenvalue weighted by Gasteiger charge is 2.34. The number of nitrogens with zero attached hydrogens (tertiary/aromatic N) is 2. The Morgan fingerprint density at radius 3 is 2.64 bits per heavy atom. The van der Waals surface area contributed by atoms with Gasteiger partial charge < -0.3 is 15.0 Å². The van der Waals surface area contributed by atoms with E-state index in [1.54, 1.807) is 4.90 Å². The smallest absolute Gasteiger partial charge is 0.227 e. The fourth-order valence-corrected chi connectivity index (χ4v) is 3.35. The van der Waals surface area contributed by atoms with Gasteiger partial charge in [0.25, 0.3) is 0 Å². The Morgan fingerprint density at radius 1 is 1.24 bits per heavy atom. The second-order valence-electron chi connectivity index (χ2n) is 6.67. The van der Waals surface area contributed by atoms with Gasteiger partial charge in [-0.2, -0.15) is 0 Å². The third-order valence-corrected chi connectivity index (χ3v) is 4.98. The van der Waals surface area contributed by atoms with Crippen LogP contribution >= 0.6 is 0 Å². The first-order valence-electron chi connectivity index (χ1n) is 9.14. The van der Waals surface area contributed by atoms with Gasteiger partial charge in [0, 0.05) is 44.8 Å². The van der Waals surface area contributed by atoms with E-state index in [4.69, 9.17) is 4.74 Å². The summed E-state index contributed by atoms with van der Waals surface area (Å²) < 4.78 is 5.32. The fourth-order valence-electron chi connectivity index (χ4n) is 3.35. The number of amides is 2. The van der Waals surface area contributed by atoms with Crippen LogP contribution in [0.1, 0.15) is 18.9 Å². The molecule has 2 saturated heterocycles. The van der Waals surface area contributed by atoms with Crippen molar-refractivity contribution in [3.05, 3.63) is 29.8 Å². The van der Waals surface area contributed by atoms with Gasteiger partial charge in [0.15, 0.2) is 0 Å². The molecule has 0 spiro atoms. The highest BCUT2D eigenvalue weighted by Crippen LogP contribution is 2.25. The van der Waals surface area contributed by atoms with E-state index < -0.39 is 0 Å². The number of anilines is 1. The normalized spacial score (nSPS) is 21.6. The predicted molar refractivity (Wildman–Crippen MR) is 96.5 cm³/mol. The van der Waals surface area contributed by atoms with E-state index in [1.807, 2.05) is 24.3 Å². The topological polar surface area (TPSA) is 61.9 Å². The zero-order valence-electron chi connectivity index (χ0n) is 14.9. The van der Waals surface area contributed by atoms with Crippen molar-refractivity contribution in [3.8, 4) is 0 Å². The average Bonchev–Trinajstić information content (AvgIpc) is 3.04. The van der Waals surface area contributed by atoms with Crippen molar-refractivity contribution >= 4 is 17.5 Å². The summed E-state index contributed by atoms with van der Waals surface area (Å²) in [7, 11) is 0. The lowest BCUT2D eigenvalue weighted by atomic mass is 10.1. The number of carbonyl (C=O) groups excluding carboxylic acids is 2. The standard InChI is InChI=1S/C19H27N3O3/c1-2-15-3-5-17(6-4-15)22-14-16(13-18(22)23)19(24)20-7-8-21-9-11-25-12-10-21/h3-6,16H,2,7-14H2,1H3,(H,20,24). The molecule has 2 aliphatic heterocycles. The number of hydrogen-bond acceptors (Lipinski definition) is 4. The van der Waals surface area contributed by atoms with Crippen LogP contribution in [-0.2, 0) is 20.7 Å². The molecule has 1 aromatic rings. The van der Waals surface area contributed by atoms with Crippen molar-refractivity contribution < 1.29 is 14.3 Å². The number of benzene rings is 1. The highest BCUT2D eigenvalue weighted by molar-refractivity contribution is 6.00. The molecule has 1 atom stereocenters. The van der Waals surface area contributed by atoms with Crippen molar-refractivity contribution in [1.82, 2.24) is 10.2 Å². The molecule has 3 rings (SSSR count). The van der Waals surface area contributed by atoms with Crippen molar-refractivity contribution in [3.63, 3.8) is 0 Å². The monoisotopic (exact) mass is 345 g/mol. The molecule has 0 bridgehead atoms. The molecule has 2 aliphatic rings. The minimum Gasteiger partial charge on any atom is -0.379 e. The third-order valence-electron chi connectivity index (χ3n) is 4.98. The van der Waals surface area contributed by atoms with E-state index in [-0.39, 0.29) is 17.7 Å². The maximum atomic E-state index is 12.4. The maximum absolute atomic E-state index is 12.4. The molecule has 2 heterocycles. The zero-order chi connectivity index (χ0) is 17.6. The summed E-state index contributed by atoms with van der Waals surface area (Å²) in [6, 6.07) is 8.02. The molecule has 0 aliphatic carbocycles. The molecule has 6 nitrogen and oxygen atoms in total.